The monoisotopic (exact) mass is 927 g/mol. The molecule has 12 aromatic carbocycles. The summed E-state index contributed by atoms with van der Waals surface area (Å²) in [7, 11) is 0. The Bertz CT molecular complexity index is 4470. The molecule has 340 valence electrons. The van der Waals surface area contributed by atoms with Crippen LogP contribution in [0.2, 0.25) is 0 Å². The van der Waals surface area contributed by atoms with E-state index >= 15 is 0 Å². The molecule has 0 saturated carbocycles. The quantitative estimate of drug-likeness (QED) is 0.151. The Hall–Kier alpha value is -9.70. The van der Waals surface area contributed by atoms with Crippen LogP contribution in [0.3, 0.4) is 0 Å². The van der Waals surface area contributed by atoms with Crippen molar-refractivity contribution in [1.82, 2.24) is 13.7 Å². The molecule has 0 aliphatic heterocycles. The van der Waals surface area contributed by atoms with E-state index in [4.69, 9.17) is 0 Å². The summed E-state index contributed by atoms with van der Waals surface area (Å²) in [5.41, 5.74) is 19.9. The second-order valence-electron chi connectivity index (χ2n) is 19.2. The highest BCUT2D eigenvalue weighted by molar-refractivity contribution is 6.19. The maximum atomic E-state index is 2.45. The van der Waals surface area contributed by atoms with Crippen LogP contribution in [-0.4, -0.2) is 13.7 Å². The van der Waals surface area contributed by atoms with E-state index in [0.717, 1.165) is 33.8 Å². The van der Waals surface area contributed by atoms with Gasteiger partial charge in [0.15, 0.2) is 0 Å². The number of aromatic nitrogens is 3. The van der Waals surface area contributed by atoms with Crippen LogP contribution in [-0.2, 0) is 0 Å². The molecule has 0 N–H and O–H groups in total. The predicted octanol–water partition coefficient (Wildman–Crippen LogP) is 18.8. The van der Waals surface area contributed by atoms with Gasteiger partial charge in [0.25, 0.3) is 0 Å². The Labute approximate surface area is 422 Å². The van der Waals surface area contributed by atoms with Crippen molar-refractivity contribution < 1.29 is 0 Å². The number of benzene rings is 12. The van der Waals surface area contributed by atoms with E-state index in [2.05, 4.69) is 287 Å². The third-order valence-corrected chi connectivity index (χ3v) is 15.2. The second-order valence-corrected chi connectivity index (χ2v) is 19.2. The fourth-order valence-corrected chi connectivity index (χ4v) is 12.2. The first-order chi connectivity index (χ1) is 36.3. The number of fused-ring (bicyclic) bond motifs is 10. The smallest absolute Gasteiger partial charge is 0.0541 e. The summed E-state index contributed by atoms with van der Waals surface area (Å²) < 4.78 is 7.27. The zero-order valence-electron chi connectivity index (χ0n) is 39.8. The van der Waals surface area contributed by atoms with Gasteiger partial charge in [-0.2, -0.15) is 0 Å². The lowest BCUT2D eigenvalue weighted by atomic mass is 9.78. The second kappa shape index (κ2) is 16.4. The van der Waals surface area contributed by atoms with Gasteiger partial charge in [0.1, 0.15) is 0 Å². The summed E-state index contributed by atoms with van der Waals surface area (Å²) in [4.78, 5) is 0. The van der Waals surface area contributed by atoms with Gasteiger partial charge in [-0.15, -0.1) is 0 Å². The Kier molecular flexibility index (Phi) is 9.26. The van der Waals surface area contributed by atoms with Crippen LogP contribution in [0.25, 0.3) is 138 Å². The minimum Gasteiger partial charge on any atom is -0.309 e. The first kappa shape index (κ1) is 41.1. The van der Waals surface area contributed by atoms with Crippen LogP contribution in [0.15, 0.2) is 273 Å². The largest absolute Gasteiger partial charge is 0.309 e. The summed E-state index contributed by atoms with van der Waals surface area (Å²) in [5.74, 6) is 0. The molecule has 15 aromatic rings. The Morgan fingerprint density at radius 1 is 0.164 bits per heavy atom. The van der Waals surface area contributed by atoms with Gasteiger partial charge < -0.3 is 13.7 Å². The topological polar surface area (TPSA) is 14.8 Å². The van der Waals surface area contributed by atoms with Crippen molar-refractivity contribution >= 4 is 76.2 Å². The van der Waals surface area contributed by atoms with E-state index in [9.17, 15) is 0 Å². The molecule has 3 heteroatoms. The molecular formula is C70H45N3. The van der Waals surface area contributed by atoms with Gasteiger partial charge in [0, 0.05) is 49.4 Å². The van der Waals surface area contributed by atoms with Gasteiger partial charge in [-0.05, 0) is 128 Å². The molecule has 3 heterocycles. The molecule has 0 aliphatic carbocycles. The maximum absolute atomic E-state index is 2.45. The summed E-state index contributed by atoms with van der Waals surface area (Å²) in [6, 6.07) is 101. The highest BCUT2D eigenvalue weighted by atomic mass is 15.0. The van der Waals surface area contributed by atoms with Crippen molar-refractivity contribution in [2.75, 3.05) is 0 Å². The van der Waals surface area contributed by atoms with Gasteiger partial charge in [-0.3, -0.25) is 0 Å². The molecule has 0 fully saturated rings. The molecule has 73 heavy (non-hydrogen) atoms. The molecule has 0 bridgehead atoms. The molecule has 0 radical (unpaired) electrons. The van der Waals surface area contributed by atoms with Crippen molar-refractivity contribution in [2.24, 2.45) is 0 Å². The molecule has 0 unspecified atom stereocenters. The van der Waals surface area contributed by atoms with Gasteiger partial charge in [0.2, 0.25) is 0 Å². The molecule has 0 saturated heterocycles. The Balaban J connectivity index is 1.05. The highest BCUT2D eigenvalue weighted by Crippen LogP contribution is 2.52. The number of nitrogens with zero attached hydrogens (tertiary/aromatic N) is 3. The minimum atomic E-state index is 1.12. The summed E-state index contributed by atoms with van der Waals surface area (Å²) in [5, 5.41) is 9.89. The lowest BCUT2D eigenvalue weighted by Gasteiger charge is -2.25. The molecular weight excluding hydrogens is 883 g/mol. The van der Waals surface area contributed by atoms with Gasteiger partial charge in [-0.1, -0.05) is 200 Å². The standard InChI is InChI=1S/C70H45N3/c1-3-19-46(20-4-1)67-59-44-43-52(73-65-33-17-11-27-57(65)58-28-12-18-34-66(58)73)45-60(59)68(47-21-5-2-6-22-47)70(49-37-41-51(42-38-49)72-63-31-15-9-25-55(63)56-26-10-16-32-64(56)72)69(67)48-35-39-50(40-36-48)71-61-29-13-7-23-53(61)54-24-8-14-30-62(54)71/h1-45H. The zero-order valence-corrected chi connectivity index (χ0v) is 39.8. The molecule has 0 atom stereocenters. The molecule has 0 aliphatic rings. The Morgan fingerprint density at radius 2 is 0.425 bits per heavy atom. The lowest BCUT2D eigenvalue weighted by Crippen LogP contribution is -2.00. The minimum absolute atomic E-state index is 1.12. The summed E-state index contributed by atoms with van der Waals surface area (Å²) in [6.45, 7) is 0. The number of rotatable bonds is 7. The van der Waals surface area contributed by atoms with Crippen LogP contribution in [0, 0.1) is 0 Å². The lowest BCUT2D eigenvalue weighted by molar-refractivity contribution is 1.18. The predicted molar refractivity (Wildman–Crippen MR) is 309 cm³/mol. The Morgan fingerprint density at radius 3 is 0.767 bits per heavy atom. The van der Waals surface area contributed by atoms with E-state index in [1.165, 1.54) is 104 Å². The number of hydrogen-bond acceptors (Lipinski definition) is 0. The number of para-hydroxylation sites is 6. The van der Waals surface area contributed by atoms with E-state index in [-0.39, 0.29) is 0 Å². The average molecular weight is 928 g/mol. The van der Waals surface area contributed by atoms with Crippen molar-refractivity contribution in [3.8, 4) is 61.6 Å². The SMILES string of the molecule is c1ccc(-c2c(-c3ccc(-n4c5ccccc5c5ccccc54)cc3)c(-c3ccc(-n4c5ccccc5c5ccccc54)cc3)c(-c3ccccc3)c3cc(-n4c5ccccc5c5ccccc54)ccc23)cc1. The van der Waals surface area contributed by atoms with E-state index in [1.54, 1.807) is 0 Å². The van der Waals surface area contributed by atoms with Crippen LogP contribution in [0.1, 0.15) is 0 Å². The third-order valence-electron chi connectivity index (χ3n) is 15.2. The molecule has 3 aromatic heterocycles. The molecule has 3 nitrogen and oxygen atoms in total. The van der Waals surface area contributed by atoms with Crippen LogP contribution in [0.5, 0.6) is 0 Å². The normalized spacial score (nSPS) is 11.8. The van der Waals surface area contributed by atoms with Crippen molar-refractivity contribution in [3.63, 3.8) is 0 Å². The van der Waals surface area contributed by atoms with Gasteiger partial charge in [-0.25, -0.2) is 0 Å². The summed E-state index contributed by atoms with van der Waals surface area (Å²) in [6.07, 6.45) is 0. The van der Waals surface area contributed by atoms with Gasteiger partial charge in [0.05, 0.1) is 33.1 Å². The van der Waals surface area contributed by atoms with Crippen LogP contribution in [0.4, 0.5) is 0 Å². The fourth-order valence-electron chi connectivity index (χ4n) is 12.2. The first-order valence-corrected chi connectivity index (χ1v) is 25.2. The molecule has 0 amide bonds. The highest BCUT2D eigenvalue weighted by Gasteiger charge is 2.26. The zero-order chi connectivity index (χ0) is 48.0. The molecule has 15 rings (SSSR count). The fraction of sp³-hybridized carbons (Fsp3) is 0. The third kappa shape index (κ3) is 6.32. The van der Waals surface area contributed by atoms with Crippen molar-refractivity contribution in [1.29, 1.82) is 0 Å². The maximum Gasteiger partial charge on any atom is 0.0541 e. The summed E-state index contributed by atoms with van der Waals surface area (Å²) >= 11 is 0. The van der Waals surface area contributed by atoms with E-state index < -0.39 is 0 Å². The van der Waals surface area contributed by atoms with E-state index in [1.807, 2.05) is 0 Å². The first-order valence-electron chi connectivity index (χ1n) is 25.2. The van der Waals surface area contributed by atoms with Crippen molar-refractivity contribution in [2.45, 2.75) is 0 Å². The van der Waals surface area contributed by atoms with Crippen molar-refractivity contribution in [3.05, 3.63) is 273 Å². The molecule has 0 spiro atoms. The van der Waals surface area contributed by atoms with Crippen LogP contribution >= 0.6 is 0 Å². The van der Waals surface area contributed by atoms with Gasteiger partial charge >= 0.3 is 0 Å². The number of hydrogen-bond donors (Lipinski definition) is 0. The van der Waals surface area contributed by atoms with E-state index in [0.29, 0.717) is 0 Å². The average Bonchev–Trinajstić information content (AvgIpc) is 4.11. The van der Waals surface area contributed by atoms with Crippen LogP contribution < -0.4 is 0 Å².